The highest BCUT2D eigenvalue weighted by atomic mass is 35.5. The Bertz CT molecular complexity index is 34.1. The molecule has 0 amide bonds. The van der Waals surface area contributed by atoms with Crippen molar-refractivity contribution in [3.8, 4) is 0 Å². The standard InChI is InChI=1S/C3H9NO2.ClH/c4-3(6)1-2-5;/h3,5-6H,1-2,4H2;1H. The minimum atomic E-state index is -0.852. The van der Waals surface area contributed by atoms with E-state index in [1.165, 1.54) is 0 Å². The lowest BCUT2D eigenvalue weighted by atomic mass is 10.4. The first-order valence-corrected chi connectivity index (χ1v) is 1.82. The second kappa shape index (κ2) is 6.17. The van der Waals surface area contributed by atoms with Gasteiger partial charge in [-0.15, -0.1) is 12.4 Å². The molecule has 7 heavy (non-hydrogen) atoms. The second-order valence-electron chi connectivity index (χ2n) is 1.08. The highest BCUT2D eigenvalue weighted by Crippen LogP contribution is 1.75. The number of rotatable bonds is 2. The molecule has 3 nitrogen and oxygen atoms in total. The van der Waals surface area contributed by atoms with Crippen molar-refractivity contribution in [2.24, 2.45) is 5.73 Å². The number of hydrogen-bond acceptors (Lipinski definition) is 3. The molecule has 0 heterocycles. The van der Waals surface area contributed by atoms with E-state index in [9.17, 15) is 0 Å². The first-order valence-electron chi connectivity index (χ1n) is 1.82. The van der Waals surface area contributed by atoms with E-state index in [1.54, 1.807) is 0 Å². The predicted molar refractivity (Wildman–Crippen MR) is 29.1 cm³/mol. The minimum absolute atomic E-state index is 0. The quantitative estimate of drug-likeness (QED) is 0.420. The number of aliphatic hydroxyl groups is 2. The van der Waals surface area contributed by atoms with Gasteiger partial charge in [-0.05, 0) is 0 Å². The third-order valence-electron chi connectivity index (χ3n) is 0.425. The van der Waals surface area contributed by atoms with Crippen LogP contribution >= 0.6 is 12.4 Å². The van der Waals surface area contributed by atoms with Crippen LogP contribution in [-0.2, 0) is 0 Å². The lowest BCUT2D eigenvalue weighted by Gasteiger charge is -1.95. The zero-order valence-corrected chi connectivity index (χ0v) is 4.69. The Labute approximate surface area is 48.6 Å². The van der Waals surface area contributed by atoms with Gasteiger partial charge >= 0.3 is 0 Å². The lowest BCUT2D eigenvalue weighted by molar-refractivity contribution is 0.139. The second-order valence-corrected chi connectivity index (χ2v) is 1.08. The summed E-state index contributed by atoms with van der Waals surface area (Å²) in [5, 5.41) is 16.2. The summed E-state index contributed by atoms with van der Waals surface area (Å²) in [5.41, 5.74) is 4.80. The van der Waals surface area contributed by atoms with Crippen molar-refractivity contribution >= 4 is 12.4 Å². The molecule has 0 aromatic heterocycles. The Morgan fingerprint density at radius 2 is 2.00 bits per heavy atom. The Hall–Kier alpha value is 0.170. The van der Waals surface area contributed by atoms with Gasteiger partial charge in [-0.3, -0.25) is 0 Å². The molecule has 0 radical (unpaired) electrons. The molecule has 0 aromatic carbocycles. The van der Waals surface area contributed by atoms with Crippen LogP contribution in [0.1, 0.15) is 6.42 Å². The molecule has 1 atom stereocenters. The fourth-order valence-corrected chi connectivity index (χ4v) is 0.132. The normalized spacial score (nSPS) is 12.4. The van der Waals surface area contributed by atoms with Gasteiger partial charge in [0.1, 0.15) is 6.23 Å². The van der Waals surface area contributed by atoms with E-state index in [0.29, 0.717) is 0 Å². The molecule has 0 fully saturated rings. The predicted octanol–water partition coefficient (Wildman–Crippen LogP) is -0.932. The summed E-state index contributed by atoms with van der Waals surface area (Å²) in [7, 11) is 0. The van der Waals surface area contributed by atoms with Crippen LogP contribution in [0.2, 0.25) is 0 Å². The van der Waals surface area contributed by atoms with E-state index >= 15 is 0 Å². The van der Waals surface area contributed by atoms with E-state index in [4.69, 9.17) is 15.9 Å². The molecule has 0 bridgehead atoms. The van der Waals surface area contributed by atoms with Gasteiger partial charge in [-0.1, -0.05) is 0 Å². The molecule has 0 aliphatic carbocycles. The molecule has 0 rings (SSSR count). The van der Waals surface area contributed by atoms with E-state index in [2.05, 4.69) is 0 Å². The van der Waals surface area contributed by atoms with Gasteiger partial charge in [-0.2, -0.15) is 0 Å². The highest BCUT2D eigenvalue weighted by molar-refractivity contribution is 5.85. The first kappa shape index (κ1) is 10.2. The van der Waals surface area contributed by atoms with Gasteiger partial charge in [0, 0.05) is 13.0 Å². The zero-order valence-electron chi connectivity index (χ0n) is 3.87. The van der Waals surface area contributed by atoms with Crippen LogP contribution in [-0.4, -0.2) is 23.0 Å². The highest BCUT2D eigenvalue weighted by Gasteiger charge is 1.88. The van der Waals surface area contributed by atoms with Gasteiger partial charge in [0.2, 0.25) is 0 Å². The maximum Gasteiger partial charge on any atom is 0.104 e. The smallest absolute Gasteiger partial charge is 0.104 e. The summed E-state index contributed by atoms with van der Waals surface area (Å²) in [5.74, 6) is 0. The Morgan fingerprint density at radius 3 is 2.00 bits per heavy atom. The van der Waals surface area contributed by atoms with E-state index in [-0.39, 0.29) is 25.4 Å². The lowest BCUT2D eigenvalue weighted by Crippen LogP contribution is -2.19. The Kier molecular flexibility index (Phi) is 9.00. The van der Waals surface area contributed by atoms with Crippen molar-refractivity contribution in [2.45, 2.75) is 12.6 Å². The van der Waals surface area contributed by atoms with Crippen LogP contribution in [0.15, 0.2) is 0 Å². The molecule has 4 heteroatoms. The van der Waals surface area contributed by atoms with Crippen molar-refractivity contribution in [1.82, 2.24) is 0 Å². The summed E-state index contributed by atoms with van der Waals surface area (Å²) in [6.45, 7) is -0.0440. The first-order chi connectivity index (χ1) is 2.77. The molecular formula is C3H10ClNO2. The number of aliphatic hydroxyl groups excluding tert-OH is 2. The third-order valence-corrected chi connectivity index (χ3v) is 0.425. The average molecular weight is 128 g/mol. The van der Waals surface area contributed by atoms with Crippen LogP contribution in [0, 0.1) is 0 Å². The van der Waals surface area contributed by atoms with E-state index in [1.807, 2.05) is 0 Å². The molecule has 0 saturated heterocycles. The Morgan fingerprint density at radius 1 is 1.57 bits per heavy atom. The average Bonchev–Trinajstić information content (AvgIpc) is 1.35. The summed E-state index contributed by atoms with van der Waals surface area (Å²) in [4.78, 5) is 0. The monoisotopic (exact) mass is 127 g/mol. The number of hydrogen-bond donors (Lipinski definition) is 3. The molecule has 1 unspecified atom stereocenters. The van der Waals surface area contributed by atoms with Crippen molar-refractivity contribution in [3.05, 3.63) is 0 Å². The fourth-order valence-electron chi connectivity index (χ4n) is 0.132. The van der Waals surface area contributed by atoms with Crippen molar-refractivity contribution in [1.29, 1.82) is 0 Å². The zero-order chi connectivity index (χ0) is 4.99. The maximum absolute atomic E-state index is 8.17. The molecule has 0 spiro atoms. The summed E-state index contributed by atoms with van der Waals surface area (Å²) in [6, 6.07) is 0. The molecule has 0 aliphatic heterocycles. The van der Waals surface area contributed by atoms with Crippen LogP contribution in [0.25, 0.3) is 0 Å². The summed E-state index contributed by atoms with van der Waals surface area (Å²) < 4.78 is 0. The summed E-state index contributed by atoms with van der Waals surface area (Å²) >= 11 is 0. The Balaban J connectivity index is 0. The SMILES string of the molecule is Cl.NC(O)CCO. The fraction of sp³-hybridized carbons (Fsp3) is 1.00. The largest absolute Gasteiger partial charge is 0.396 e. The van der Waals surface area contributed by atoms with Crippen molar-refractivity contribution in [3.63, 3.8) is 0 Å². The molecule has 46 valence electrons. The van der Waals surface area contributed by atoms with Crippen LogP contribution in [0.4, 0.5) is 0 Å². The molecule has 0 aromatic rings. The number of nitrogens with two attached hydrogens (primary N) is 1. The summed E-state index contributed by atoms with van der Waals surface area (Å²) in [6.07, 6.45) is -0.588. The van der Waals surface area contributed by atoms with E-state index < -0.39 is 6.23 Å². The van der Waals surface area contributed by atoms with Gasteiger partial charge in [0.15, 0.2) is 0 Å². The molecule has 0 saturated carbocycles. The van der Waals surface area contributed by atoms with E-state index in [0.717, 1.165) is 0 Å². The number of halogens is 1. The van der Waals surface area contributed by atoms with Crippen molar-refractivity contribution < 1.29 is 10.2 Å². The van der Waals surface area contributed by atoms with Gasteiger partial charge in [-0.25, -0.2) is 0 Å². The van der Waals surface area contributed by atoms with Gasteiger partial charge in [0.25, 0.3) is 0 Å². The topological polar surface area (TPSA) is 66.5 Å². The molecule has 4 N–H and O–H groups in total. The van der Waals surface area contributed by atoms with Crippen LogP contribution in [0.3, 0.4) is 0 Å². The van der Waals surface area contributed by atoms with Crippen molar-refractivity contribution in [2.75, 3.05) is 6.61 Å². The molecular weight excluding hydrogens is 117 g/mol. The van der Waals surface area contributed by atoms with Crippen LogP contribution < -0.4 is 5.73 Å². The third kappa shape index (κ3) is 10.7. The van der Waals surface area contributed by atoms with Gasteiger partial charge < -0.3 is 15.9 Å². The maximum atomic E-state index is 8.17. The molecule has 0 aliphatic rings. The minimum Gasteiger partial charge on any atom is -0.396 e. The van der Waals surface area contributed by atoms with Crippen LogP contribution in [0.5, 0.6) is 0 Å². The van der Waals surface area contributed by atoms with Gasteiger partial charge in [0.05, 0.1) is 0 Å².